The number of carbonyl (C=O) groups is 1. The van der Waals surface area contributed by atoms with Gasteiger partial charge in [0.1, 0.15) is 5.78 Å². The van der Waals surface area contributed by atoms with Gasteiger partial charge in [-0.2, -0.15) is 0 Å². The van der Waals surface area contributed by atoms with E-state index in [0.29, 0.717) is 0 Å². The zero-order valence-corrected chi connectivity index (χ0v) is 6.43. The van der Waals surface area contributed by atoms with Crippen LogP contribution in [0, 0.1) is 5.92 Å². The Balaban J connectivity index is 4.04. The number of nitrogens with zero attached hydrogens (tertiary/aromatic N) is 1. The van der Waals surface area contributed by atoms with Gasteiger partial charge in [0.25, 0.3) is 0 Å². The zero-order chi connectivity index (χ0) is 7.44. The van der Waals surface area contributed by atoms with Crippen LogP contribution in [-0.4, -0.2) is 18.5 Å². The van der Waals surface area contributed by atoms with E-state index in [1.165, 1.54) is 0 Å². The maximum atomic E-state index is 10.7. The quantitative estimate of drug-likeness (QED) is 0.514. The summed E-state index contributed by atoms with van der Waals surface area (Å²) in [4.78, 5) is 14.6. The van der Waals surface area contributed by atoms with Gasteiger partial charge in [0.2, 0.25) is 0 Å². The second-order valence-corrected chi connectivity index (χ2v) is 2.20. The number of hydrogen-bond acceptors (Lipinski definition) is 2. The highest BCUT2D eigenvalue weighted by atomic mass is 16.1. The minimum absolute atomic E-state index is 0.00463. The van der Waals surface area contributed by atoms with Crippen molar-refractivity contribution in [2.24, 2.45) is 10.9 Å². The van der Waals surface area contributed by atoms with Gasteiger partial charge in [-0.05, 0) is 13.8 Å². The van der Waals surface area contributed by atoms with E-state index in [1.54, 1.807) is 14.0 Å². The molecule has 0 aliphatic carbocycles. The van der Waals surface area contributed by atoms with Crippen LogP contribution in [0.15, 0.2) is 4.99 Å². The van der Waals surface area contributed by atoms with E-state index >= 15 is 0 Å². The van der Waals surface area contributed by atoms with Gasteiger partial charge in [-0.25, -0.2) is 0 Å². The molecule has 0 aliphatic rings. The smallest absolute Gasteiger partial charge is 0.138 e. The Bertz CT molecular complexity index is 138. The summed E-state index contributed by atoms with van der Waals surface area (Å²) in [5, 5.41) is 0. The third-order valence-electron chi connectivity index (χ3n) is 1.59. The van der Waals surface area contributed by atoms with Crippen molar-refractivity contribution < 1.29 is 4.79 Å². The van der Waals surface area contributed by atoms with Crippen LogP contribution in [0.1, 0.15) is 20.8 Å². The molecule has 0 bridgehead atoms. The minimum atomic E-state index is -0.00463. The van der Waals surface area contributed by atoms with E-state index in [0.717, 1.165) is 5.71 Å². The Hall–Kier alpha value is -0.660. The lowest BCUT2D eigenvalue weighted by Gasteiger charge is -2.03. The molecule has 0 saturated heterocycles. The van der Waals surface area contributed by atoms with Crippen molar-refractivity contribution in [1.29, 1.82) is 0 Å². The molecule has 2 heteroatoms. The maximum absolute atomic E-state index is 10.7. The molecule has 0 rings (SSSR count). The SMILES string of the molecule is CN=C(C)C(C)C(C)=O. The topological polar surface area (TPSA) is 29.4 Å². The fourth-order valence-electron chi connectivity index (χ4n) is 0.488. The van der Waals surface area contributed by atoms with Crippen molar-refractivity contribution in [3.63, 3.8) is 0 Å². The summed E-state index contributed by atoms with van der Waals surface area (Å²) >= 11 is 0. The molecule has 2 nitrogen and oxygen atoms in total. The summed E-state index contributed by atoms with van der Waals surface area (Å²) in [5.41, 5.74) is 0.905. The highest BCUT2D eigenvalue weighted by Crippen LogP contribution is 1.98. The molecule has 1 atom stereocenters. The van der Waals surface area contributed by atoms with Gasteiger partial charge in [0, 0.05) is 12.8 Å². The number of carbonyl (C=O) groups excluding carboxylic acids is 1. The van der Waals surface area contributed by atoms with Gasteiger partial charge in [-0.1, -0.05) is 6.92 Å². The summed E-state index contributed by atoms with van der Waals surface area (Å²) in [7, 11) is 1.70. The van der Waals surface area contributed by atoms with Crippen LogP contribution >= 0.6 is 0 Å². The third kappa shape index (κ3) is 2.40. The molecule has 9 heavy (non-hydrogen) atoms. The van der Waals surface area contributed by atoms with Crippen LogP contribution in [0.25, 0.3) is 0 Å². The van der Waals surface area contributed by atoms with Crippen molar-refractivity contribution in [3.8, 4) is 0 Å². The van der Waals surface area contributed by atoms with Crippen LogP contribution in [0.2, 0.25) is 0 Å². The van der Waals surface area contributed by atoms with Gasteiger partial charge in [-0.3, -0.25) is 9.79 Å². The Morgan fingerprint density at radius 1 is 1.44 bits per heavy atom. The Labute approximate surface area is 56.0 Å². The highest BCUT2D eigenvalue weighted by molar-refractivity contribution is 6.02. The predicted molar refractivity (Wildman–Crippen MR) is 38.9 cm³/mol. The molecule has 0 aromatic heterocycles. The van der Waals surface area contributed by atoms with Crippen molar-refractivity contribution in [3.05, 3.63) is 0 Å². The lowest BCUT2D eigenvalue weighted by Crippen LogP contribution is -2.15. The first-order valence-corrected chi connectivity index (χ1v) is 3.03. The largest absolute Gasteiger partial charge is 0.299 e. The normalized spacial score (nSPS) is 15.3. The molecule has 1 unspecified atom stereocenters. The van der Waals surface area contributed by atoms with Crippen LogP contribution in [-0.2, 0) is 4.79 Å². The molecule has 0 aromatic carbocycles. The fourth-order valence-corrected chi connectivity index (χ4v) is 0.488. The number of hydrogen-bond donors (Lipinski definition) is 0. The van der Waals surface area contributed by atoms with E-state index in [1.807, 2.05) is 13.8 Å². The Morgan fingerprint density at radius 2 is 1.89 bits per heavy atom. The first-order chi connectivity index (χ1) is 4.09. The molecule has 0 spiro atoms. The van der Waals surface area contributed by atoms with E-state index in [-0.39, 0.29) is 11.7 Å². The van der Waals surface area contributed by atoms with Gasteiger partial charge in [0.05, 0.1) is 5.92 Å². The third-order valence-corrected chi connectivity index (χ3v) is 1.59. The molecule has 0 saturated carbocycles. The number of Topliss-reactive ketones (excluding diaryl/α,β-unsaturated/α-hetero) is 1. The van der Waals surface area contributed by atoms with Crippen LogP contribution in [0.5, 0.6) is 0 Å². The Kier molecular flexibility index (Phi) is 3.13. The van der Waals surface area contributed by atoms with E-state index < -0.39 is 0 Å². The summed E-state index contributed by atoms with van der Waals surface area (Å²) in [6, 6.07) is 0. The lowest BCUT2D eigenvalue weighted by molar-refractivity contribution is -0.118. The molecular formula is C7H13NO. The van der Waals surface area contributed by atoms with Gasteiger partial charge >= 0.3 is 0 Å². The summed E-state index contributed by atoms with van der Waals surface area (Å²) in [6.45, 7) is 5.32. The van der Waals surface area contributed by atoms with Gasteiger partial charge in [-0.15, -0.1) is 0 Å². The number of ketones is 1. The summed E-state index contributed by atoms with van der Waals surface area (Å²) < 4.78 is 0. The molecule has 0 N–H and O–H groups in total. The molecule has 0 fully saturated rings. The van der Waals surface area contributed by atoms with Crippen molar-refractivity contribution in [2.75, 3.05) is 7.05 Å². The average molecular weight is 127 g/mol. The predicted octanol–water partition coefficient (Wildman–Crippen LogP) is 1.30. The number of rotatable bonds is 2. The van der Waals surface area contributed by atoms with Crippen LogP contribution < -0.4 is 0 Å². The van der Waals surface area contributed by atoms with Gasteiger partial charge in [0.15, 0.2) is 0 Å². The molecule has 0 aromatic rings. The maximum Gasteiger partial charge on any atom is 0.138 e. The van der Waals surface area contributed by atoms with Crippen molar-refractivity contribution in [1.82, 2.24) is 0 Å². The standard InChI is InChI=1S/C7H13NO/c1-5(7(3)9)6(2)8-4/h5H,1-4H3. The van der Waals surface area contributed by atoms with Crippen molar-refractivity contribution >= 4 is 11.5 Å². The first-order valence-electron chi connectivity index (χ1n) is 3.03. The zero-order valence-electron chi connectivity index (χ0n) is 6.43. The fraction of sp³-hybridized carbons (Fsp3) is 0.714. The lowest BCUT2D eigenvalue weighted by atomic mass is 10.0. The molecular weight excluding hydrogens is 114 g/mol. The summed E-state index contributed by atoms with van der Waals surface area (Å²) in [5.74, 6) is 0.174. The Morgan fingerprint density at radius 3 is 2.00 bits per heavy atom. The van der Waals surface area contributed by atoms with E-state index in [9.17, 15) is 4.79 Å². The van der Waals surface area contributed by atoms with Crippen LogP contribution in [0.4, 0.5) is 0 Å². The molecule has 0 amide bonds. The highest BCUT2D eigenvalue weighted by Gasteiger charge is 2.08. The first kappa shape index (κ1) is 8.34. The second-order valence-electron chi connectivity index (χ2n) is 2.20. The average Bonchev–Trinajstić information content (AvgIpc) is 1.84. The number of aliphatic imine (C=N–C) groups is 1. The van der Waals surface area contributed by atoms with Crippen molar-refractivity contribution in [2.45, 2.75) is 20.8 Å². The minimum Gasteiger partial charge on any atom is -0.299 e. The van der Waals surface area contributed by atoms with Gasteiger partial charge < -0.3 is 0 Å². The van der Waals surface area contributed by atoms with E-state index in [2.05, 4.69) is 4.99 Å². The second kappa shape index (κ2) is 3.38. The van der Waals surface area contributed by atoms with Crippen LogP contribution in [0.3, 0.4) is 0 Å². The van der Waals surface area contributed by atoms with E-state index in [4.69, 9.17) is 0 Å². The molecule has 52 valence electrons. The molecule has 0 heterocycles. The summed E-state index contributed by atoms with van der Waals surface area (Å²) in [6.07, 6.45) is 0. The molecule has 0 radical (unpaired) electrons. The molecule has 0 aliphatic heterocycles. The monoisotopic (exact) mass is 127 g/mol.